The average molecular weight is 261 g/mol. The Hall–Kier alpha value is -1.39. The minimum absolute atomic E-state index is 0.138. The van der Waals surface area contributed by atoms with E-state index in [1.54, 1.807) is 0 Å². The van der Waals surface area contributed by atoms with Crippen molar-refractivity contribution in [3.8, 4) is 0 Å². The van der Waals surface area contributed by atoms with Crippen molar-refractivity contribution in [2.45, 2.75) is 45.2 Å². The molecular formula is C15H23N3O. The van der Waals surface area contributed by atoms with Gasteiger partial charge in [-0.2, -0.15) is 0 Å². The Kier molecular flexibility index (Phi) is 4.93. The zero-order chi connectivity index (χ0) is 13.7. The van der Waals surface area contributed by atoms with Crippen LogP contribution < -0.4 is 11.3 Å². The van der Waals surface area contributed by atoms with Crippen molar-refractivity contribution in [1.82, 2.24) is 10.3 Å². The van der Waals surface area contributed by atoms with Crippen LogP contribution >= 0.6 is 0 Å². The molecule has 3 N–H and O–H groups in total. The standard InChI is InChI=1S/C15H23N3O/c1-2-14-8-5-9-18(14)11-13-7-4-3-6-12(13)10-15(19)17-16/h3-4,6-7,14H,2,5,8-11,16H2,1H3,(H,17,19). The molecule has 0 spiro atoms. The monoisotopic (exact) mass is 261 g/mol. The fraction of sp³-hybridized carbons (Fsp3) is 0.533. The third kappa shape index (κ3) is 3.55. The minimum Gasteiger partial charge on any atom is -0.296 e. The predicted molar refractivity (Wildman–Crippen MR) is 76.2 cm³/mol. The highest BCUT2D eigenvalue weighted by Gasteiger charge is 2.23. The maximum atomic E-state index is 11.4. The molecule has 1 aliphatic heterocycles. The van der Waals surface area contributed by atoms with Gasteiger partial charge in [0, 0.05) is 12.6 Å². The number of likely N-dealkylation sites (tertiary alicyclic amines) is 1. The van der Waals surface area contributed by atoms with E-state index in [-0.39, 0.29) is 5.91 Å². The van der Waals surface area contributed by atoms with Gasteiger partial charge in [0.15, 0.2) is 0 Å². The van der Waals surface area contributed by atoms with Crippen LogP contribution in [0.5, 0.6) is 0 Å². The van der Waals surface area contributed by atoms with Gasteiger partial charge in [-0.3, -0.25) is 15.1 Å². The van der Waals surface area contributed by atoms with E-state index in [2.05, 4.69) is 23.3 Å². The number of hydrogen-bond donors (Lipinski definition) is 2. The summed E-state index contributed by atoms with van der Waals surface area (Å²) in [6.07, 6.45) is 4.13. The van der Waals surface area contributed by atoms with Gasteiger partial charge in [-0.15, -0.1) is 0 Å². The molecule has 19 heavy (non-hydrogen) atoms. The zero-order valence-electron chi connectivity index (χ0n) is 11.6. The van der Waals surface area contributed by atoms with Gasteiger partial charge in [0.25, 0.3) is 0 Å². The van der Waals surface area contributed by atoms with Crippen molar-refractivity contribution < 1.29 is 4.79 Å². The second-order valence-corrected chi connectivity index (χ2v) is 5.19. The lowest BCUT2D eigenvalue weighted by molar-refractivity contribution is -0.120. The van der Waals surface area contributed by atoms with Crippen LogP contribution in [-0.2, 0) is 17.8 Å². The molecule has 0 saturated carbocycles. The summed E-state index contributed by atoms with van der Waals surface area (Å²) in [5.74, 6) is 5.03. The molecule has 1 saturated heterocycles. The van der Waals surface area contributed by atoms with Crippen molar-refractivity contribution in [2.75, 3.05) is 6.54 Å². The molecule has 1 fully saturated rings. The van der Waals surface area contributed by atoms with Crippen LogP contribution in [0.3, 0.4) is 0 Å². The number of benzene rings is 1. The number of nitrogens with zero attached hydrogens (tertiary/aromatic N) is 1. The van der Waals surface area contributed by atoms with Gasteiger partial charge in [-0.25, -0.2) is 5.84 Å². The van der Waals surface area contributed by atoms with Crippen LogP contribution in [0.2, 0.25) is 0 Å². The van der Waals surface area contributed by atoms with Gasteiger partial charge in [-0.05, 0) is 36.9 Å². The van der Waals surface area contributed by atoms with Crippen LogP contribution in [-0.4, -0.2) is 23.4 Å². The van der Waals surface area contributed by atoms with E-state index in [4.69, 9.17) is 5.84 Å². The van der Waals surface area contributed by atoms with Crippen LogP contribution in [0.15, 0.2) is 24.3 Å². The van der Waals surface area contributed by atoms with E-state index in [0.29, 0.717) is 12.5 Å². The maximum absolute atomic E-state index is 11.4. The first-order valence-corrected chi connectivity index (χ1v) is 7.05. The molecule has 1 unspecified atom stereocenters. The summed E-state index contributed by atoms with van der Waals surface area (Å²) in [6, 6.07) is 8.84. The van der Waals surface area contributed by atoms with Gasteiger partial charge in [-0.1, -0.05) is 31.2 Å². The van der Waals surface area contributed by atoms with Gasteiger partial charge in [0.2, 0.25) is 5.91 Å². The zero-order valence-corrected chi connectivity index (χ0v) is 11.6. The summed E-state index contributed by atoms with van der Waals surface area (Å²) in [7, 11) is 0. The summed E-state index contributed by atoms with van der Waals surface area (Å²) in [4.78, 5) is 14.0. The van der Waals surface area contributed by atoms with Gasteiger partial charge < -0.3 is 0 Å². The van der Waals surface area contributed by atoms with E-state index in [1.807, 2.05) is 18.2 Å². The first kappa shape index (κ1) is 14.0. The average Bonchev–Trinajstić information content (AvgIpc) is 2.88. The minimum atomic E-state index is -0.138. The number of carbonyl (C=O) groups is 1. The van der Waals surface area contributed by atoms with Crippen molar-refractivity contribution in [3.05, 3.63) is 35.4 Å². The molecule has 1 aromatic rings. The molecule has 4 nitrogen and oxygen atoms in total. The second-order valence-electron chi connectivity index (χ2n) is 5.19. The molecule has 0 aromatic heterocycles. The van der Waals surface area contributed by atoms with Crippen molar-refractivity contribution in [2.24, 2.45) is 5.84 Å². The van der Waals surface area contributed by atoms with Crippen LogP contribution in [0.1, 0.15) is 37.3 Å². The molecule has 1 aromatic carbocycles. The number of nitrogens with two attached hydrogens (primary N) is 1. The number of carbonyl (C=O) groups excluding carboxylic acids is 1. The van der Waals surface area contributed by atoms with Crippen molar-refractivity contribution >= 4 is 5.91 Å². The molecule has 1 amide bonds. The van der Waals surface area contributed by atoms with Crippen molar-refractivity contribution in [1.29, 1.82) is 0 Å². The fourth-order valence-corrected chi connectivity index (χ4v) is 2.89. The molecule has 0 bridgehead atoms. The molecule has 1 aliphatic rings. The molecule has 2 rings (SSSR count). The van der Waals surface area contributed by atoms with Gasteiger partial charge in [0.05, 0.1) is 6.42 Å². The number of rotatable bonds is 5. The number of hydrogen-bond acceptors (Lipinski definition) is 3. The van der Waals surface area contributed by atoms with E-state index in [1.165, 1.54) is 24.8 Å². The molecule has 104 valence electrons. The number of nitrogens with one attached hydrogen (secondary N) is 1. The summed E-state index contributed by atoms with van der Waals surface area (Å²) in [5.41, 5.74) is 4.52. The first-order chi connectivity index (χ1) is 9.24. The number of amides is 1. The smallest absolute Gasteiger partial charge is 0.238 e. The third-order valence-corrected chi connectivity index (χ3v) is 3.97. The highest BCUT2D eigenvalue weighted by molar-refractivity contribution is 5.78. The second kappa shape index (κ2) is 6.68. The molecular weight excluding hydrogens is 238 g/mol. The molecule has 1 atom stereocenters. The van der Waals surface area contributed by atoms with E-state index in [0.717, 1.165) is 18.7 Å². The highest BCUT2D eigenvalue weighted by atomic mass is 16.2. The Morgan fingerprint density at radius 2 is 2.16 bits per heavy atom. The summed E-state index contributed by atoms with van der Waals surface area (Å²) >= 11 is 0. The molecule has 0 aliphatic carbocycles. The SMILES string of the molecule is CCC1CCCN1Cc1ccccc1CC(=O)NN. The Bertz CT molecular complexity index is 433. The third-order valence-electron chi connectivity index (χ3n) is 3.97. The van der Waals surface area contributed by atoms with Gasteiger partial charge in [0.1, 0.15) is 0 Å². The largest absolute Gasteiger partial charge is 0.296 e. The van der Waals surface area contributed by atoms with Gasteiger partial charge >= 0.3 is 0 Å². The Balaban J connectivity index is 2.09. The van der Waals surface area contributed by atoms with Crippen LogP contribution in [0, 0.1) is 0 Å². The molecule has 4 heteroatoms. The van der Waals surface area contributed by atoms with Crippen LogP contribution in [0.25, 0.3) is 0 Å². The lowest BCUT2D eigenvalue weighted by Gasteiger charge is -2.24. The Morgan fingerprint density at radius 1 is 1.42 bits per heavy atom. The summed E-state index contributed by atoms with van der Waals surface area (Å²) < 4.78 is 0. The van der Waals surface area contributed by atoms with Crippen LogP contribution in [0.4, 0.5) is 0 Å². The Labute approximate surface area is 114 Å². The fourth-order valence-electron chi connectivity index (χ4n) is 2.89. The van der Waals surface area contributed by atoms with Crippen molar-refractivity contribution in [3.63, 3.8) is 0 Å². The van der Waals surface area contributed by atoms with E-state index < -0.39 is 0 Å². The van der Waals surface area contributed by atoms with E-state index >= 15 is 0 Å². The quantitative estimate of drug-likeness (QED) is 0.481. The van der Waals surface area contributed by atoms with E-state index in [9.17, 15) is 4.79 Å². The summed E-state index contributed by atoms with van der Waals surface area (Å²) in [5, 5.41) is 0. The number of hydrazine groups is 1. The Morgan fingerprint density at radius 3 is 2.84 bits per heavy atom. The molecule has 0 radical (unpaired) electrons. The lowest BCUT2D eigenvalue weighted by Crippen LogP contribution is -2.32. The normalized spacial score (nSPS) is 19.6. The topological polar surface area (TPSA) is 58.4 Å². The first-order valence-electron chi connectivity index (χ1n) is 7.05. The highest BCUT2D eigenvalue weighted by Crippen LogP contribution is 2.23. The lowest BCUT2D eigenvalue weighted by atomic mass is 10.0. The molecule has 1 heterocycles. The predicted octanol–water partition coefficient (Wildman–Crippen LogP) is 1.59. The maximum Gasteiger partial charge on any atom is 0.238 e. The summed E-state index contributed by atoms with van der Waals surface area (Å²) in [6.45, 7) is 4.35.